The van der Waals surface area contributed by atoms with Crippen molar-refractivity contribution < 1.29 is 4.57 Å². The summed E-state index contributed by atoms with van der Waals surface area (Å²) >= 11 is 0. The van der Waals surface area contributed by atoms with E-state index >= 15 is 0 Å². The first-order valence-corrected chi connectivity index (χ1v) is 5.92. The zero-order valence-electron chi connectivity index (χ0n) is 10.5. The smallest absolute Gasteiger partial charge is 0.256 e. The molecule has 3 aromatic rings. The minimum absolute atomic E-state index is 1.06. The van der Waals surface area contributed by atoms with E-state index in [0.29, 0.717) is 0 Å². The van der Waals surface area contributed by atoms with Crippen LogP contribution in [0, 0.1) is 6.92 Å². The number of aryl methyl sites for hydroxylation is 2. The van der Waals surface area contributed by atoms with E-state index in [-0.39, 0.29) is 0 Å². The van der Waals surface area contributed by atoms with Gasteiger partial charge in [-0.05, 0) is 24.6 Å². The molecule has 18 heavy (non-hydrogen) atoms. The van der Waals surface area contributed by atoms with Gasteiger partial charge in [0.05, 0.1) is 12.6 Å². The zero-order valence-corrected chi connectivity index (χ0v) is 10.5. The second-order valence-corrected chi connectivity index (χ2v) is 4.39. The van der Waals surface area contributed by atoms with E-state index in [2.05, 4.69) is 35.1 Å². The summed E-state index contributed by atoms with van der Waals surface area (Å²) in [5, 5.41) is 1.18. The molecule has 3 heteroatoms. The molecule has 0 N–H and O–H groups in total. The van der Waals surface area contributed by atoms with E-state index in [9.17, 15) is 0 Å². The summed E-state index contributed by atoms with van der Waals surface area (Å²) in [6.45, 7) is 2.12. The highest BCUT2D eigenvalue weighted by molar-refractivity contribution is 5.87. The molecule has 0 bridgehead atoms. The molecular weight excluding hydrogens is 222 g/mol. The van der Waals surface area contributed by atoms with Crippen molar-refractivity contribution in [2.45, 2.75) is 6.92 Å². The molecule has 0 saturated heterocycles. The molecule has 88 valence electrons. The Morgan fingerprint density at radius 3 is 2.78 bits per heavy atom. The fourth-order valence-corrected chi connectivity index (χ4v) is 2.28. The summed E-state index contributed by atoms with van der Waals surface area (Å²) < 4.78 is 2.02. The summed E-state index contributed by atoms with van der Waals surface area (Å²) in [6, 6.07) is 10.3. The van der Waals surface area contributed by atoms with Gasteiger partial charge < -0.3 is 0 Å². The molecule has 0 unspecified atom stereocenters. The van der Waals surface area contributed by atoms with Gasteiger partial charge in [0.1, 0.15) is 11.9 Å². The van der Waals surface area contributed by atoms with Gasteiger partial charge >= 0.3 is 0 Å². The highest BCUT2D eigenvalue weighted by atomic mass is 15.0. The fourth-order valence-electron chi connectivity index (χ4n) is 2.28. The van der Waals surface area contributed by atoms with Gasteiger partial charge in [0.2, 0.25) is 0 Å². The van der Waals surface area contributed by atoms with E-state index in [1.54, 1.807) is 0 Å². The molecule has 3 rings (SSSR count). The van der Waals surface area contributed by atoms with Crippen LogP contribution in [-0.2, 0) is 7.05 Å². The third-order valence-electron chi connectivity index (χ3n) is 3.24. The van der Waals surface area contributed by atoms with Crippen LogP contribution in [-0.4, -0.2) is 9.97 Å². The van der Waals surface area contributed by atoms with Crippen molar-refractivity contribution in [2.24, 2.45) is 7.05 Å². The van der Waals surface area contributed by atoms with E-state index in [1.165, 1.54) is 16.5 Å². The topological polar surface area (TPSA) is 29.7 Å². The molecule has 3 nitrogen and oxygen atoms in total. The Balaban J connectivity index is 2.31. The Morgan fingerprint density at radius 1 is 1.06 bits per heavy atom. The number of pyridine rings is 1. The lowest BCUT2D eigenvalue weighted by atomic mass is 10.0. The van der Waals surface area contributed by atoms with Crippen molar-refractivity contribution in [3.63, 3.8) is 0 Å². The average molecular weight is 236 g/mol. The van der Waals surface area contributed by atoms with Gasteiger partial charge in [-0.15, -0.1) is 0 Å². The van der Waals surface area contributed by atoms with Crippen molar-refractivity contribution >= 4 is 10.9 Å². The number of hydrogen-bond acceptors (Lipinski definition) is 2. The summed E-state index contributed by atoms with van der Waals surface area (Å²) in [5.41, 5.74) is 4.61. The van der Waals surface area contributed by atoms with E-state index in [0.717, 1.165) is 11.2 Å². The number of rotatable bonds is 1. The molecule has 1 aromatic carbocycles. The molecule has 0 saturated carbocycles. The van der Waals surface area contributed by atoms with Crippen LogP contribution in [0.15, 0.2) is 49.1 Å². The second kappa shape index (κ2) is 4.18. The number of fused-ring (bicyclic) bond motifs is 1. The number of hydrogen-bond donors (Lipinski definition) is 0. The highest BCUT2D eigenvalue weighted by Crippen LogP contribution is 2.25. The van der Waals surface area contributed by atoms with E-state index < -0.39 is 0 Å². The van der Waals surface area contributed by atoms with Crippen LogP contribution in [0.1, 0.15) is 5.56 Å². The first-order valence-electron chi connectivity index (χ1n) is 5.92. The minimum Gasteiger partial charge on any atom is -0.256 e. The minimum atomic E-state index is 1.06. The highest BCUT2D eigenvalue weighted by Gasteiger charge is 2.11. The molecule has 0 radical (unpaired) electrons. The Labute approximate surface area is 106 Å². The standard InChI is InChI=1S/C15H14N3/c1-11-13(14-7-9-16-10-18(14)2)6-5-12-4-3-8-17-15(11)12/h3-10H,1-2H3/q+1. The van der Waals surface area contributed by atoms with Crippen LogP contribution in [0.2, 0.25) is 0 Å². The van der Waals surface area contributed by atoms with Crippen molar-refractivity contribution in [1.82, 2.24) is 9.97 Å². The summed E-state index contributed by atoms with van der Waals surface area (Å²) in [4.78, 5) is 8.58. The monoisotopic (exact) mass is 236 g/mol. The van der Waals surface area contributed by atoms with Crippen LogP contribution in [0.5, 0.6) is 0 Å². The van der Waals surface area contributed by atoms with Crippen molar-refractivity contribution in [3.05, 3.63) is 54.6 Å². The fraction of sp³-hybridized carbons (Fsp3) is 0.133. The van der Waals surface area contributed by atoms with Crippen molar-refractivity contribution in [3.8, 4) is 11.3 Å². The molecule has 0 aliphatic carbocycles. The predicted molar refractivity (Wildman–Crippen MR) is 70.9 cm³/mol. The Hall–Kier alpha value is -2.29. The summed E-state index contributed by atoms with van der Waals surface area (Å²) in [6.07, 6.45) is 5.47. The van der Waals surface area contributed by atoms with Crippen LogP contribution >= 0.6 is 0 Å². The largest absolute Gasteiger partial charge is 0.286 e. The first kappa shape index (κ1) is 10.8. The van der Waals surface area contributed by atoms with Crippen LogP contribution in [0.3, 0.4) is 0 Å². The summed E-state index contributed by atoms with van der Waals surface area (Å²) in [5.74, 6) is 0. The van der Waals surface area contributed by atoms with Crippen LogP contribution in [0.4, 0.5) is 0 Å². The number of nitrogens with zero attached hydrogens (tertiary/aromatic N) is 3. The van der Waals surface area contributed by atoms with Gasteiger partial charge in [-0.25, -0.2) is 4.57 Å². The van der Waals surface area contributed by atoms with E-state index in [1.807, 2.05) is 42.5 Å². The van der Waals surface area contributed by atoms with Crippen molar-refractivity contribution in [1.29, 1.82) is 0 Å². The number of benzene rings is 1. The maximum atomic E-state index is 4.47. The van der Waals surface area contributed by atoms with Gasteiger partial charge in [-0.1, -0.05) is 17.1 Å². The molecule has 0 atom stereocenters. The van der Waals surface area contributed by atoms with Gasteiger partial charge in [-0.3, -0.25) is 4.98 Å². The molecule has 0 amide bonds. The zero-order chi connectivity index (χ0) is 12.5. The van der Waals surface area contributed by atoms with Gasteiger partial charge in [0.25, 0.3) is 6.33 Å². The maximum Gasteiger partial charge on any atom is 0.286 e. The predicted octanol–water partition coefficient (Wildman–Crippen LogP) is 2.43. The molecular formula is C15H14N3+. The molecule has 0 fully saturated rings. The van der Waals surface area contributed by atoms with Crippen LogP contribution < -0.4 is 4.57 Å². The number of aromatic nitrogens is 3. The Bertz CT molecular complexity index is 720. The maximum absolute atomic E-state index is 4.47. The van der Waals surface area contributed by atoms with Crippen LogP contribution in [0.25, 0.3) is 22.2 Å². The Kier molecular flexibility index (Phi) is 2.52. The average Bonchev–Trinajstić information content (AvgIpc) is 2.41. The quantitative estimate of drug-likeness (QED) is 0.607. The molecule has 0 aliphatic heterocycles. The Morgan fingerprint density at radius 2 is 1.94 bits per heavy atom. The molecule has 0 spiro atoms. The van der Waals surface area contributed by atoms with Crippen molar-refractivity contribution in [2.75, 3.05) is 0 Å². The lowest BCUT2D eigenvalue weighted by Crippen LogP contribution is -2.31. The van der Waals surface area contributed by atoms with Gasteiger partial charge in [-0.2, -0.15) is 0 Å². The molecule has 2 heterocycles. The van der Waals surface area contributed by atoms with Gasteiger partial charge in [0.15, 0.2) is 0 Å². The SMILES string of the molecule is Cc1c(-c2ccnc[n+]2C)ccc2cccnc12. The lowest BCUT2D eigenvalue weighted by Gasteiger charge is -2.08. The molecule has 0 aliphatic rings. The third kappa shape index (κ3) is 1.64. The normalized spacial score (nSPS) is 10.8. The van der Waals surface area contributed by atoms with E-state index in [4.69, 9.17) is 0 Å². The molecule has 2 aromatic heterocycles. The second-order valence-electron chi connectivity index (χ2n) is 4.39. The van der Waals surface area contributed by atoms with Gasteiger partial charge in [0, 0.05) is 23.2 Å². The lowest BCUT2D eigenvalue weighted by molar-refractivity contribution is -0.663. The first-order chi connectivity index (χ1) is 8.77. The summed E-state index contributed by atoms with van der Waals surface area (Å²) in [7, 11) is 2.00. The third-order valence-corrected chi connectivity index (χ3v) is 3.24.